The zero-order chi connectivity index (χ0) is 8.93. The van der Waals surface area contributed by atoms with Crippen molar-refractivity contribution in [3.63, 3.8) is 0 Å². The molecule has 0 amide bonds. The zero-order valence-electron chi connectivity index (χ0n) is 7.79. The minimum atomic E-state index is 0.325. The van der Waals surface area contributed by atoms with E-state index in [0.717, 1.165) is 0 Å². The molecule has 1 nitrogen and oxygen atoms in total. The number of thiophene rings is 1. The molecule has 0 radical (unpaired) electrons. The van der Waals surface area contributed by atoms with Crippen molar-refractivity contribution in [1.82, 2.24) is 0 Å². The molecule has 66 valence electrons. The van der Waals surface area contributed by atoms with Crippen LogP contribution < -0.4 is 5.73 Å². The maximum absolute atomic E-state index is 6.01. The Kier molecular flexibility index (Phi) is 1.61. The molecule has 1 aromatic heterocycles. The molecule has 0 bridgehead atoms. The van der Waals surface area contributed by atoms with Gasteiger partial charge in [0.25, 0.3) is 0 Å². The molecule has 0 aromatic carbocycles. The monoisotopic (exact) mass is 181 g/mol. The fourth-order valence-corrected chi connectivity index (χ4v) is 2.85. The Labute approximate surface area is 77.6 Å². The number of aryl methyl sites for hydroxylation is 1. The van der Waals surface area contributed by atoms with Crippen molar-refractivity contribution in [3.05, 3.63) is 21.9 Å². The van der Waals surface area contributed by atoms with Crippen molar-refractivity contribution in [1.29, 1.82) is 0 Å². The molecule has 0 aliphatic heterocycles. The molecule has 1 aromatic rings. The molecule has 1 fully saturated rings. The Hall–Kier alpha value is -0.340. The average molecular weight is 181 g/mol. The summed E-state index contributed by atoms with van der Waals surface area (Å²) in [6, 6.07) is 0.366. The average Bonchev–Trinajstić information content (AvgIpc) is 2.39. The predicted molar refractivity (Wildman–Crippen MR) is 53.6 cm³/mol. The Morgan fingerprint density at radius 3 is 2.33 bits per heavy atom. The Balaban J connectivity index is 2.30. The van der Waals surface area contributed by atoms with Gasteiger partial charge in [-0.15, -0.1) is 0 Å². The van der Waals surface area contributed by atoms with Gasteiger partial charge in [-0.3, -0.25) is 0 Å². The van der Waals surface area contributed by atoms with Crippen molar-refractivity contribution in [2.75, 3.05) is 0 Å². The van der Waals surface area contributed by atoms with Gasteiger partial charge < -0.3 is 5.73 Å². The SMILES string of the molecule is Cc1cscc1[C@@H]1[C@@H](N)C1(C)C. The van der Waals surface area contributed by atoms with Crippen LogP contribution in [0.15, 0.2) is 10.8 Å². The van der Waals surface area contributed by atoms with E-state index in [1.165, 1.54) is 11.1 Å². The quantitative estimate of drug-likeness (QED) is 0.708. The van der Waals surface area contributed by atoms with Gasteiger partial charge >= 0.3 is 0 Å². The molecule has 12 heavy (non-hydrogen) atoms. The van der Waals surface area contributed by atoms with Crippen LogP contribution in [-0.2, 0) is 0 Å². The van der Waals surface area contributed by atoms with E-state index < -0.39 is 0 Å². The third-order valence-corrected chi connectivity index (χ3v) is 4.02. The highest BCUT2D eigenvalue weighted by Crippen LogP contribution is 2.58. The number of hydrogen-bond acceptors (Lipinski definition) is 2. The Morgan fingerprint density at radius 1 is 1.42 bits per heavy atom. The first-order chi connectivity index (χ1) is 5.55. The molecule has 0 saturated heterocycles. The number of nitrogens with two attached hydrogens (primary N) is 1. The van der Waals surface area contributed by atoms with Crippen molar-refractivity contribution in [3.8, 4) is 0 Å². The molecule has 2 heteroatoms. The second-order valence-electron chi connectivity index (χ2n) is 4.33. The van der Waals surface area contributed by atoms with Gasteiger partial charge in [-0.2, -0.15) is 11.3 Å². The molecule has 0 spiro atoms. The molecule has 1 heterocycles. The highest BCUT2D eigenvalue weighted by molar-refractivity contribution is 7.08. The summed E-state index contributed by atoms with van der Waals surface area (Å²) in [5, 5.41) is 4.45. The molecular formula is C10H15NS. The molecule has 1 aliphatic rings. The smallest absolute Gasteiger partial charge is 0.0172 e. The molecule has 1 aliphatic carbocycles. The standard InChI is InChI=1S/C10H15NS/c1-6-4-12-5-7(6)8-9(11)10(8,2)3/h4-5,8-9H,11H2,1-3H3/t8-,9-/m1/s1. The van der Waals surface area contributed by atoms with Crippen LogP contribution in [0.25, 0.3) is 0 Å². The van der Waals surface area contributed by atoms with E-state index in [1.54, 1.807) is 11.3 Å². The molecular weight excluding hydrogens is 166 g/mol. The third-order valence-electron chi connectivity index (χ3n) is 3.14. The molecule has 2 rings (SSSR count). The lowest BCUT2D eigenvalue weighted by atomic mass is 10.0. The van der Waals surface area contributed by atoms with Gasteiger partial charge in [-0.05, 0) is 34.2 Å². The van der Waals surface area contributed by atoms with E-state index in [2.05, 4.69) is 31.5 Å². The van der Waals surface area contributed by atoms with E-state index in [9.17, 15) is 0 Å². The van der Waals surface area contributed by atoms with Gasteiger partial charge in [0.1, 0.15) is 0 Å². The van der Waals surface area contributed by atoms with Crippen molar-refractivity contribution in [2.45, 2.75) is 32.7 Å². The topological polar surface area (TPSA) is 26.0 Å². The highest BCUT2D eigenvalue weighted by Gasteiger charge is 2.56. The minimum Gasteiger partial charge on any atom is -0.327 e. The van der Waals surface area contributed by atoms with Crippen LogP contribution in [0.1, 0.15) is 30.9 Å². The zero-order valence-corrected chi connectivity index (χ0v) is 8.61. The minimum absolute atomic E-state index is 0.325. The lowest BCUT2D eigenvalue weighted by Gasteiger charge is -2.00. The van der Waals surface area contributed by atoms with Crippen molar-refractivity contribution < 1.29 is 0 Å². The molecule has 2 N–H and O–H groups in total. The van der Waals surface area contributed by atoms with Gasteiger partial charge in [-0.25, -0.2) is 0 Å². The number of rotatable bonds is 1. The van der Waals surface area contributed by atoms with E-state index in [0.29, 0.717) is 17.4 Å². The largest absolute Gasteiger partial charge is 0.327 e. The van der Waals surface area contributed by atoms with Gasteiger partial charge in [0.05, 0.1) is 0 Å². The van der Waals surface area contributed by atoms with Crippen molar-refractivity contribution in [2.24, 2.45) is 11.1 Å². The summed E-state index contributed by atoms with van der Waals surface area (Å²) in [6.45, 7) is 6.67. The maximum Gasteiger partial charge on any atom is 0.0172 e. The maximum atomic E-state index is 6.01. The van der Waals surface area contributed by atoms with Gasteiger partial charge in [0, 0.05) is 12.0 Å². The second-order valence-corrected chi connectivity index (χ2v) is 5.08. The van der Waals surface area contributed by atoms with Crippen LogP contribution in [-0.4, -0.2) is 6.04 Å². The van der Waals surface area contributed by atoms with Gasteiger partial charge in [0.2, 0.25) is 0 Å². The Morgan fingerprint density at radius 2 is 2.00 bits per heavy atom. The fraction of sp³-hybridized carbons (Fsp3) is 0.600. The van der Waals surface area contributed by atoms with E-state index in [-0.39, 0.29) is 0 Å². The van der Waals surface area contributed by atoms with Gasteiger partial charge in [0.15, 0.2) is 0 Å². The molecule has 1 saturated carbocycles. The highest BCUT2D eigenvalue weighted by atomic mass is 32.1. The van der Waals surface area contributed by atoms with Crippen LogP contribution >= 0.6 is 11.3 Å². The van der Waals surface area contributed by atoms with Crippen LogP contribution in [0, 0.1) is 12.3 Å². The van der Waals surface area contributed by atoms with E-state index >= 15 is 0 Å². The molecule has 0 unspecified atom stereocenters. The second kappa shape index (κ2) is 2.33. The third kappa shape index (κ3) is 0.947. The first-order valence-electron chi connectivity index (χ1n) is 4.33. The number of hydrogen-bond donors (Lipinski definition) is 1. The normalized spacial score (nSPS) is 32.0. The first kappa shape index (κ1) is 8.27. The summed E-state index contributed by atoms with van der Waals surface area (Å²) < 4.78 is 0. The summed E-state index contributed by atoms with van der Waals surface area (Å²) in [6.07, 6.45) is 0. The van der Waals surface area contributed by atoms with Crippen LogP contribution in [0.2, 0.25) is 0 Å². The summed E-state index contributed by atoms with van der Waals surface area (Å²) in [5.41, 5.74) is 9.21. The van der Waals surface area contributed by atoms with Crippen LogP contribution in [0.3, 0.4) is 0 Å². The predicted octanol–water partition coefficient (Wildman–Crippen LogP) is 2.51. The lowest BCUT2D eigenvalue weighted by molar-refractivity contribution is 0.599. The van der Waals surface area contributed by atoms with Crippen LogP contribution in [0.5, 0.6) is 0 Å². The fourth-order valence-electron chi connectivity index (χ4n) is 1.96. The lowest BCUT2D eigenvalue weighted by Crippen LogP contribution is -2.06. The summed E-state index contributed by atoms with van der Waals surface area (Å²) >= 11 is 1.78. The first-order valence-corrected chi connectivity index (χ1v) is 5.27. The van der Waals surface area contributed by atoms with Crippen LogP contribution in [0.4, 0.5) is 0 Å². The summed E-state index contributed by atoms with van der Waals surface area (Å²) in [4.78, 5) is 0. The van der Waals surface area contributed by atoms with E-state index in [4.69, 9.17) is 5.73 Å². The van der Waals surface area contributed by atoms with Gasteiger partial charge in [-0.1, -0.05) is 13.8 Å². The summed E-state index contributed by atoms with van der Waals surface area (Å²) in [7, 11) is 0. The van der Waals surface area contributed by atoms with E-state index in [1.807, 2.05) is 0 Å². The Bertz CT molecular complexity index is 301. The summed E-state index contributed by atoms with van der Waals surface area (Å²) in [5.74, 6) is 0.601. The molecule has 2 atom stereocenters. The van der Waals surface area contributed by atoms with Crippen molar-refractivity contribution >= 4 is 11.3 Å².